The van der Waals surface area contributed by atoms with E-state index >= 15 is 0 Å². The third-order valence-electron chi connectivity index (χ3n) is 2.94. The summed E-state index contributed by atoms with van der Waals surface area (Å²) in [7, 11) is 2.03. The topological polar surface area (TPSA) is 29.3 Å². The van der Waals surface area contributed by atoms with Crippen molar-refractivity contribution < 1.29 is 0 Å². The average Bonchev–Trinajstić information content (AvgIpc) is 2.38. The third-order valence-corrected chi connectivity index (χ3v) is 4.15. The SMILES string of the molecule is CN(Cc1cccc(Br)c1)c1ccc(Br)cc1C(N)=S. The summed E-state index contributed by atoms with van der Waals surface area (Å²) in [5.41, 5.74) is 8.95. The van der Waals surface area contributed by atoms with E-state index in [0.29, 0.717) is 4.99 Å². The van der Waals surface area contributed by atoms with Crippen LogP contribution in [0.25, 0.3) is 0 Å². The van der Waals surface area contributed by atoms with Gasteiger partial charge in [-0.25, -0.2) is 0 Å². The standard InChI is InChI=1S/C15H14Br2N2S/c1-19(9-10-3-2-4-11(16)7-10)14-6-5-12(17)8-13(14)15(18)20/h2-8H,9H2,1H3,(H2,18,20). The summed E-state index contributed by atoms with van der Waals surface area (Å²) in [5, 5.41) is 0. The summed E-state index contributed by atoms with van der Waals surface area (Å²) in [5.74, 6) is 0. The van der Waals surface area contributed by atoms with Crippen LogP contribution in [0, 0.1) is 0 Å². The molecule has 104 valence electrons. The fraction of sp³-hybridized carbons (Fsp3) is 0.133. The van der Waals surface area contributed by atoms with Crippen molar-refractivity contribution in [3.63, 3.8) is 0 Å². The molecule has 0 fully saturated rings. The number of nitrogens with zero attached hydrogens (tertiary/aromatic N) is 1. The summed E-state index contributed by atoms with van der Waals surface area (Å²) in [4.78, 5) is 2.55. The highest BCUT2D eigenvalue weighted by Crippen LogP contribution is 2.25. The van der Waals surface area contributed by atoms with E-state index in [9.17, 15) is 0 Å². The van der Waals surface area contributed by atoms with Crippen LogP contribution >= 0.6 is 44.1 Å². The third kappa shape index (κ3) is 3.81. The first-order valence-electron chi connectivity index (χ1n) is 6.02. The van der Waals surface area contributed by atoms with Crippen LogP contribution in [0.1, 0.15) is 11.1 Å². The van der Waals surface area contributed by atoms with Gasteiger partial charge in [0.1, 0.15) is 4.99 Å². The van der Waals surface area contributed by atoms with Crippen molar-refractivity contribution in [1.29, 1.82) is 0 Å². The maximum Gasteiger partial charge on any atom is 0.106 e. The molecule has 0 aliphatic rings. The van der Waals surface area contributed by atoms with E-state index in [1.54, 1.807) is 0 Å². The number of benzene rings is 2. The Kier molecular flexibility index (Phi) is 5.18. The van der Waals surface area contributed by atoms with Gasteiger partial charge in [-0.3, -0.25) is 0 Å². The summed E-state index contributed by atoms with van der Waals surface area (Å²) in [6, 6.07) is 14.2. The van der Waals surface area contributed by atoms with Crippen molar-refractivity contribution in [2.24, 2.45) is 5.73 Å². The highest BCUT2D eigenvalue weighted by molar-refractivity contribution is 9.10. The molecule has 5 heteroatoms. The Labute approximate surface area is 141 Å². The molecule has 0 bridgehead atoms. The Hall–Kier alpha value is -0.910. The van der Waals surface area contributed by atoms with Gasteiger partial charge < -0.3 is 10.6 Å². The van der Waals surface area contributed by atoms with Crippen LogP contribution in [-0.2, 0) is 6.54 Å². The normalized spacial score (nSPS) is 10.3. The quantitative estimate of drug-likeness (QED) is 0.749. The Bertz CT molecular complexity index is 644. The zero-order valence-corrected chi connectivity index (χ0v) is 14.9. The molecule has 0 saturated carbocycles. The van der Waals surface area contributed by atoms with Crippen LogP contribution in [0.3, 0.4) is 0 Å². The van der Waals surface area contributed by atoms with Gasteiger partial charge in [0, 0.05) is 33.8 Å². The lowest BCUT2D eigenvalue weighted by molar-refractivity contribution is 0.921. The molecule has 2 aromatic rings. The van der Waals surface area contributed by atoms with Crippen molar-refractivity contribution in [3.05, 3.63) is 62.5 Å². The second-order valence-electron chi connectivity index (χ2n) is 4.51. The fourth-order valence-corrected chi connectivity index (χ4v) is 3.00. The largest absolute Gasteiger partial charge is 0.389 e. The summed E-state index contributed by atoms with van der Waals surface area (Å²) < 4.78 is 2.05. The first kappa shape index (κ1) is 15.5. The zero-order valence-electron chi connectivity index (χ0n) is 10.9. The zero-order chi connectivity index (χ0) is 14.7. The van der Waals surface area contributed by atoms with Gasteiger partial charge in [0.15, 0.2) is 0 Å². The van der Waals surface area contributed by atoms with Crippen LogP contribution in [0.4, 0.5) is 5.69 Å². The lowest BCUT2D eigenvalue weighted by Gasteiger charge is -2.22. The average molecular weight is 414 g/mol. The molecule has 0 atom stereocenters. The predicted octanol–water partition coefficient (Wildman–Crippen LogP) is 4.48. The minimum absolute atomic E-state index is 0.405. The first-order valence-corrected chi connectivity index (χ1v) is 8.02. The molecule has 0 heterocycles. The van der Waals surface area contributed by atoms with Gasteiger partial charge >= 0.3 is 0 Å². The predicted molar refractivity (Wildman–Crippen MR) is 96.3 cm³/mol. The van der Waals surface area contributed by atoms with Crippen LogP contribution in [0.15, 0.2) is 51.4 Å². The van der Waals surface area contributed by atoms with Crippen molar-refractivity contribution in [2.75, 3.05) is 11.9 Å². The van der Waals surface area contributed by atoms with Crippen LogP contribution in [0.5, 0.6) is 0 Å². The molecule has 2 aromatic carbocycles. The number of hydrogen-bond acceptors (Lipinski definition) is 2. The van der Waals surface area contributed by atoms with Gasteiger partial charge in [-0.05, 0) is 35.9 Å². The van der Waals surface area contributed by atoms with Crippen LogP contribution in [0.2, 0.25) is 0 Å². The number of nitrogens with two attached hydrogens (primary N) is 1. The molecule has 0 saturated heterocycles. The molecule has 0 amide bonds. The summed E-state index contributed by atoms with van der Waals surface area (Å²) in [6.45, 7) is 0.788. The molecule has 0 unspecified atom stereocenters. The molecule has 0 spiro atoms. The highest BCUT2D eigenvalue weighted by Gasteiger charge is 2.11. The summed E-state index contributed by atoms with van der Waals surface area (Å²) >= 11 is 12.1. The number of thiocarbonyl (C=S) groups is 1. The molecule has 0 aromatic heterocycles. The van der Waals surface area contributed by atoms with Gasteiger partial charge in [-0.1, -0.05) is 56.2 Å². The minimum atomic E-state index is 0.405. The van der Waals surface area contributed by atoms with E-state index in [2.05, 4.69) is 48.9 Å². The molecule has 2 rings (SSSR count). The van der Waals surface area contributed by atoms with Crippen molar-refractivity contribution in [2.45, 2.75) is 6.54 Å². The minimum Gasteiger partial charge on any atom is -0.389 e. The molecule has 0 aliphatic heterocycles. The highest BCUT2D eigenvalue weighted by atomic mass is 79.9. The molecule has 20 heavy (non-hydrogen) atoms. The Morgan fingerprint density at radius 1 is 1.15 bits per heavy atom. The van der Waals surface area contributed by atoms with E-state index in [1.807, 2.05) is 37.4 Å². The number of rotatable bonds is 4. The molecule has 2 N–H and O–H groups in total. The molecular weight excluding hydrogens is 400 g/mol. The maximum atomic E-state index is 5.82. The van der Waals surface area contributed by atoms with E-state index in [4.69, 9.17) is 18.0 Å². The van der Waals surface area contributed by atoms with Gasteiger partial charge in [-0.2, -0.15) is 0 Å². The van der Waals surface area contributed by atoms with E-state index < -0.39 is 0 Å². The summed E-state index contributed by atoms with van der Waals surface area (Å²) in [6.07, 6.45) is 0. The number of hydrogen-bond donors (Lipinski definition) is 1. The van der Waals surface area contributed by atoms with Crippen molar-refractivity contribution >= 4 is 54.8 Å². The van der Waals surface area contributed by atoms with Gasteiger partial charge in [0.25, 0.3) is 0 Å². The Morgan fingerprint density at radius 2 is 1.85 bits per heavy atom. The monoisotopic (exact) mass is 412 g/mol. The Morgan fingerprint density at radius 3 is 2.50 bits per heavy atom. The first-order chi connectivity index (χ1) is 9.47. The van der Waals surface area contributed by atoms with E-state index in [1.165, 1.54) is 5.56 Å². The van der Waals surface area contributed by atoms with Crippen molar-refractivity contribution in [3.8, 4) is 0 Å². The smallest absolute Gasteiger partial charge is 0.106 e. The number of anilines is 1. The van der Waals surface area contributed by atoms with Gasteiger partial charge in [-0.15, -0.1) is 0 Å². The number of halogens is 2. The van der Waals surface area contributed by atoms with Crippen LogP contribution in [-0.4, -0.2) is 12.0 Å². The van der Waals surface area contributed by atoms with E-state index in [0.717, 1.165) is 26.7 Å². The molecular formula is C15H14Br2N2S. The lowest BCUT2D eigenvalue weighted by Crippen LogP contribution is -2.21. The van der Waals surface area contributed by atoms with E-state index in [-0.39, 0.29) is 0 Å². The molecule has 0 radical (unpaired) electrons. The molecule has 0 aliphatic carbocycles. The molecule has 2 nitrogen and oxygen atoms in total. The second-order valence-corrected chi connectivity index (χ2v) is 6.78. The van der Waals surface area contributed by atoms with Gasteiger partial charge in [0.2, 0.25) is 0 Å². The van der Waals surface area contributed by atoms with Crippen molar-refractivity contribution in [1.82, 2.24) is 0 Å². The van der Waals surface area contributed by atoms with Crippen LogP contribution < -0.4 is 10.6 Å². The van der Waals surface area contributed by atoms with Gasteiger partial charge in [0.05, 0.1) is 0 Å². The second kappa shape index (κ2) is 6.70. The lowest BCUT2D eigenvalue weighted by atomic mass is 10.1. The fourth-order valence-electron chi connectivity index (χ4n) is 2.03. The Balaban J connectivity index is 2.29. The maximum absolute atomic E-state index is 5.82.